The van der Waals surface area contributed by atoms with Crippen LogP contribution in [-0.2, 0) is 14.2 Å². The van der Waals surface area contributed by atoms with Crippen LogP contribution < -0.4 is 5.73 Å². The van der Waals surface area contributed by atoms with Crippen LogP contribution in [0.4, 0.5) is 0 Å². The van der Waals surface area contributed by atoms with Crippen molar-refractivity contribution >= 4 is 0 Å². The summed E-state index contributed by atoms with van der Waals surface area (Å²) < 4.78 is 16.5. The number of rotatable bonds is 4. The zero-order valence-electron chi connectivity index (χ0n) is 10.5. The van der Waals surface area contributed by atoms with Gasteiger partial charge in [0.2, 0.25) is 0 Å². The third kappa shape index (κ3) is 2.80. The van der Waals surface area contributed by atoms with Gasteiger partial charge in [0.1, 0.15) is 0 Å². The fourth-order valence-corrected chi connectivity index (χ4v) is 2.62. The molecule has 0 aromatic heterocycles. The first kappa shape index (κ1) is 13.2. The van der Waals surface area contributed by atoms with Crippen molar-refractivity contribution < 1.29 is 19.3 Å². The van der Waals surface area contributed by atoms with Crippen molar-refractivity contribution in [3.63, 3.8) is 0 Å². The molecule has 0 bridgehead atoms. The van der Waals surface area contributed by atoms with E-state index in [1.807, 2.05) is 6.92 Å². The van der Waals surface area contributed by atoms with Crippen molar-refractivity contribution in [1.29, 1.82) is 0 Å². The van der Waals surface area contributed by atoms with E-state index in [1.165, 1.54) is 0 Å². The Labute approximate surface area is 102 Å². The lowest BCUT2D eigenvalue weighted by Crippen LogP contribution is -2.55. The Morgan fingerprint density at radius 2 is 1.82 bits per heavy atom. The molecule has 2 rings (SSSR count). The molecule has 1 spiro atoms. The predicted octanol–water partition coefficient (Wildman–Crippen LogP) is 0.398. The summed E-state index contributed by atoms with van der Waals surface area (Å²) in [6.07, 6.45) is 2.65. The van der Waals surface area contributed by atoms with E-state index in [9.17, 15) is 5.11 Å². The summed E-state index contributed by atoms with van der Waals surface area (Å²) in [5.74, 6) is -0.447. The molecule has 1 aliphatic carbocycles. The number of hydrogen-bond acceptors (Lipinski definition) is 5. The largest absolute Gasteiger partial charge is 0.388 e. The monoisotopic (exact) mass is 245 g/mol. The standard InChI is InChI=1S/C12H23NO4/c1-2-15-9-10(13)11(14)3-5-12(6-4-11)16-7-8-17-12/h10,14H,2-9,13H2,1H3. The lowest BCUT2D eigenvalue weighted by atomic mass is 9.77. The van der Waals surface area contributed by atoms with Gasteiger partial charge in [-0.15, -0.1) is 0 Å². The van der Waals surface area contributed by atoms with Gasteiger partial charge >= 0.3 is 0 Å². The molecule has 1 saturated carbocycles. The summed E-state index contributed by atoms with van der Waals surface area (Å²) in [7, 11) is 0. The van der Waals surface area contributed by atoms with Crippen molar-refractivity contribution in [3.05, 3.63) is 0 Å². The van der Waals surface area contributed by atoms with Crippen molar-refractivity contribution in [2.45, 2.75) is 50.0 Å². The van der Waals surface area contributed by atoms with Crippen LogP contribution in [0.1, 0.15) is 32.6 Å². The third-order valence-electron chi connectivity index (χ3n) is 3.88. The predicted molar refractivity (Wildman–Crippen MR) is 62.5 cm³/mol. The molecule has 1 aliphatic heterocycles. The Balaban J connectivity index is 1.87. The molecule has 100 valence electrons. The first-order chi connectivity index (χ1) is 8.10. The quantitative estimate of drug-likeness (QED) is 0.750. The minimum Gasteiger partial charge on any atom is -0.388 e. The number of ether oxygens (including phenoxy) is 3. The molecule has 17 heavy (non-hydrogen) atoms. The molecule has 5 nitrogen and oxygen atoms in total. The summed E-state index contributed by atoms with van der Waals surface area (Å²) in [6.45, 7) is 4.27. The first-order valence-corrected chi connectivity index (χ1v) is 6.44. The molecule has 1 heterocycles. The molecule has 3 N–H and O–H groups in total. The second-order valence-corrected chi connectivity index (χ2v) is 4.98. The highest BCUT2D eigenvalue weighted by molar-refractivity contribution is 4.97. The maximum Gasteiger partial charge on any atom is 0.168 e. The van der Waals surface area contributed by atoms with Crippen LogP contribution in [0.3, 0.4) is 0 Å². The van der Waals surface area contributed by atoms with Gasteiger partial charge in [0, 0.05) is 19.4 Å². The van der Waals surface area contributed by atoms with Crippen LogP contribution in [0.15, 0.2) is 0 Å². The van der Waals surface area contributed by atoms with Gasteiger partial charge in [0.05, 0.1) is 31.5 Å². The summed E-state index contributed by atoms with van der Waals surface area (Å²) in [6, 6.07) is -0.332. The van der Waals surface area contributed by atoms with Gasteiger partial charge in [-0.25, -0.2) is 0 Å². The lowest BCUT2D eigenvalue weighted by Gasteiger charge is -2.43. The molecule has 2 aliphatic rings. The maximum atomic E-state index is 10.5. The summed E-state index contributed by atoms with van der Waals surface area (Å²) in [5, 5.41) is 10.5. The number of hydrogen-bond donors (Lipinski definition) is 2. The van der Waals surface area contributed by atoms with Gasteiger partial charge in [-0.2, -0.15) is 0 Å². The van der Waals surface area contributed by atoms with Crippen LogP contribution in [0.25, 0.3) is 0 Å². The molecular weight excluding hydrogens is 222 g/mol. The lowest BCUT2D eigenvalue weighted by molar-refractivity contribution is -0.206. The van der Waals surface area contributed by atoms with E-state index < -0.39 is 11.4 Å². The normalized spacial score (nSPS) is 28.4. The van der Waals surface area contributed by atoms with Crippen LogP contribution in [0, 0.1) is 0 Å². The Bertz CT molecular complexity index is 243. The SMILES string of the molecule is CCOCC(N)C1(O)CCC2(CC1)OCCO2. The van der Waals surface area contributed by atoms with Gasteiger partial charge in [-0.1, -0.05) is 0 Å². The highest BCUT2D eigenvalue weighted by Gasteiger charge is 2.47. The minimum atomic E-state index is -0.838. The van der Waals surface area contributed by atoms with E-state index in [4.69, 9.17) is 19.9 Å². The van der Waals surface area contributed by atoms with Gasteiger partial charge in [0.15, 0.2) is 5.79 Å². The second-order valence-electron chi connectivity index (χ2n) is 4.98. The fraction of sp³-hybridized carbons (Fsp3) is 1.00. The second kappa shape index (κ2) is 5.20. The molecule has 2 fully saturated rings. The number of aliphatic hydroxyl groups is 1. The average Bonchev–Trinajstić information content (AvgIpc) is 2.79. The topological polar surface area (TPSA) is 73.9 Å². The highest BCUT2D eigenvalue weighted by Crippen LogP contribution is 2.41. The van der Waals surface area contributed by atoms with E-state index >= 15 is 0 Å². The Morgan fingerprint density at radius 1 is 1.24 bits per heavy atom. The fourth-order valence-electron chi connectivity index (χ4n) is 2.62. The smallest absolute Gasteiger partial charge is 0.168 e. The van der Waals surface area contributed by atoms with Gasteiger partial charge in [-0.05, 0) is 19.8 Å². The molecule has 0 aromatic carbocycles. The highest BCUT2D eigenvalue weighted by atomic mass is 16.7. The molecule has 1 saturated heterocycles. The summed E-state index contributed by atoms with van der Waals surface area (Å²) in [5.41, 5.74) is 5.16. The zero-order valence-corrected chi connectivity index (χ0v) is 10.5. The van der Waals surface area contributed by atoms with Gasteiger partial charge in [-0.3, -0.25) is 0 Å². The van der Waals surface area contributed by atoms with E-state index in [0.717, 1.165) is 0 Å². The minimum absolute atomic E-state index is 0.332. The molecule has 0 aromatic rings. The Hall–Kier alpha value is -0.200. The molecular formula is C12H23NO4. The summed E-state index contributed by atoms with van der Waals surface area (Å²) in [4.78, 5) is 0. The molecule has 0 amide bonds. The van der Waals surface area contributed by atoms with Crippen LogP contribution in [-0.4, -0.2) is 49.0 Å². The van der Waals surface area contributed by atoms with E-state index in [2.05, 4.69) is 0 Å². The van der Waals surface area contributed by atoms with Crippen LogP contribution in [0.5, 0.6) is 0 Å². The number of nitrogens with two attached hydrogens (primary N) is 1. The van der Waals surface area contributed by atoms with Gasteiger partial charge < -0.3 is 25.1 Å². The molecule has 0 radical (unpaired) electrons. The van der Waals surface area contributed by atoms with E-state index in [0.29, 0.717) is 52.1 Å². The Morgan fingerprint density at radius 3 is 2.35 bits per heavy atom. The van der Waals surface area contributed by atoms with Crippen LogP contribution >= 0.6 is 0 Å². The molecule has 1 atom stereocenters. The van der Waals surface area contributed by atoms with E-state index in [-0.39, 0.29) is 6.04 Å². The molecule has 1 unspecified atom stereocenters. The van der Waals surface area contributed by atoms with Gasteiger partial charge in [0.25, 0.3) is 0 Å². The van der Waals surface area contributed by atoms with Crippen molar-refractivity contribution in [1.82, 2.24) is 0 Å². The summed E-state index contributed by atoms with van der Waals surface area (Å²) >= 11 is 0. The van der Waals surface area contributed by atoms with E-state index in [1.54, 1.807) is 0 Å². The molecule has 5 heteroatoms. The maximum absolute atomic E-state index is 10.5. The van der Waals surface area contributed by atoms with Crippen molar-refractivity contribution in [2.24, 2.45) is 5.73 Å². The van der Waals surface area contributed by atoms with Crippen LogP contribution in [0.2, 0.25) is 0 Å². The third-order valence-corrected chi connectivity index (χ3v) is 3.88. The average molecular weight is 245 g/mol. The zero-order chi connectivity index (χ0) is 12.4. The van der Waals surface area contributed by atoms with Crippen molar-refractivity contribution in [2.75, 3.05) is 26.4 Å². The Kier molecular flexibility index (Phi) is 4.05. The van der Waals surface area contributed by atoms with Crippen molar-refractivity contribution in [3.8, 4) is 0 Å². The first-order valence-electron chi connectivity index (χ1n) is 6.44.